The molecule has 20 heavy (non-hydrogen) atoms. The van der Waals surface area contributed by atoms with E-state index in [4.69, 9.17) is 4.74 Å². The minimum absolute atomic E-state index is 0.0257. The first-order valence-corrected chi connectivity index (χ1v) is 5.91. The fourth-order valence-electron chi connectivity index (χ4n) is 1.86. The van der Waals surface area contributed by atoms with Crippen molar-refractivity contribution in [1.82, 2.24) is 4.57 Å². The Morgan fingerprint density at radius 2 is 1.90 bits per heavy atom. The predicted octanol–water partition coefficient (Wildman–Crippen LogP) is 1.44. The van der Waals surface area contributed by atoms with Crippen molar-refractivity contribution in [2.75, 3.05) is 7.11 Å². The third-order valence-corrected chi connectivity index (χ3v) is 2.94. The maximum Gasteiger partial charge on any atom is 0.261 e. The molecule has 1 heterocycles. The van der Waals surface area contributed by atoms with Gasteiger partial charge in [0, 0.05) is 24.4 Å². The van der Waals surface area contributed by atoms with Gasteiger partial charge in [0.1, 0.15) is 5.75 Å². The van der Waals surface area contributed by atoms with Crippen molar-refractivity contribution in [2.24, 2.45) is 7.05 Å². The van der Waals surface area contributed by atoms with Crippen molar-refractivity contribution >= 4 is 12.1 Å². The van der Waals surface area contributed by atoms with E-state index in [9.17, 15) is 14.4 Å². The molecule has 0 bridgehead atoms. The Bertz CT molecular complexity index is 714. The second-order valence-corrected chi connectivity index (χ2v) is 4.28. The van der Waals surface area contributed by atoms with Crippen molar-refractivity contribution in [3.8, 4) is 5.75 Å². The molecule has 0 fully saturated rings. The van der Waals surface area contributed by atoms with Crippen LogP contribution in [0.5, 0.6) is 5.75 Å². The van der Waals surface area contributed by atoms with Gasteiger partial charge in [0.15, 0.2) is 12.1 Å². The summed E-state index contributed by atoms with van der Waals surface area (Å²) in [6.07, 6.45) is 1.99. The molecule has 0 atom stereocenters. The van der Waals surface area contributed by atoms with Gasteiger partial charge in [-0.25, -0.2) is 0 Å². The van der Waals surface area contributed by atoms with Crippen molar-refractivity contribution in [3.63, 3.8) is 0 Å². The third-order valence-electron chi connectivity index (χ3n) is 2.94. The number of aryl methyl sites for hydroxylation is 1. The van der Waals surface area contributed by atoms with E-state index in [-0.39, 0.29) is 11.1 Å². The molecule has 5 heteroatoms. The zero-order valence-electron chi connectivity index (χ0n) is 11.1. The van der Waals surface area contributed by atoms with Gasteiger partial charge in [-0.15, -0.1) is 0 Å². The number of ketones is 1. The lowest BCUT2D eigenvalue weighted by atomic mass is 10.0. The highest BCUT2D eigenvalue weighted by Crippen LogP contribution is 2.14. The summed E-state index contributed by atoms with van der Waals surface area (Å²) in [5.74, 6) is 0.202. The van der Waals surface area contributed by atoms with Gasteiger partial charge >= 0.3 is 0 Å². The first kappa shape index (κ1) is 13.7. The molecule has 0 aliphatic heterocycles. The number of benzene rings is 1. The van der Waals surface area contributed by atoms with Gasteiger partial charge in [-0.1, -0.05) is 0 Å². The average molecular weight is 271 g/mol. The number of hydrogen-bond donors (Lipinski definition) is 0. The topological polar surface area (TPSA) is 65.4 Å². The fourth-order valence-corrected chi connectivity index (χ4v) is 1.86. The van der Waals surface area contributed by atoms with Crippen LogP contribution >= 0.6 is 0 Å². The van der Waals surface area contributed by atoms with E-state index in [0.717, 1.165) is 0 Å². The van der Waals surface area contributed by atoms with Crippen molar-refractivity contribution in [2.45, 2.75) is 0 Å². The molecule has 0 saturated carbocycles. The summed E-state index contributed by atoms with van der Waals surface area (Å²) in [7, 11) is 3.03. The Balaban J connectivity index is 2.49. The minimum atomic E-state index is -0.434. The highest BCUT2D eigenvalue weighted by atomic mass is 16.5. The number of rotatable bonds is 4. The summed E-state index contributed by atoms with van der Waals surface area (Å²) in [6.45, 7) is 0. The zero-order chi connectivity index (χ0) is 14.7. The maximum absolute atomic E-state index is 12.3. The molecule has 0 unspecified atom stereocenters. The molecule has 0 amide bonds. The van der Waals surface area contributed by atoms with Crippen LogP contribution < -0.4 is 10.3 Å². The Hall–Kier alpha value is -2.69. The van der Waals surface area contributed by atoms with E-state index >= 15 is 0 Å². The normalized spacial score (nSPS) is 10.1. The summed E-state index contributed by atoms with van der Waals surface area (Å²) >= 11 is 0. The summed E-state index contributed by atoms with van der Waals surface area (Å²) in [6, 6.07) is 7.74. The summed E-state index contributed by atoms with van der Waals surface area (Å²) in [4.78, 5) is 35.1. The van der Waals surface area contributed by atoms with E-state index in [1.807, 2.05) is 0 Å². The van der Waals surface area contributed by atoms with Gasteiger partial charge in [-0.3, -0.25) is 14.4 Å². The summed E-state index contributed by atoms with van der Waals surface area (Å²) in [5.41, 5.74) is 0.189. The van der Waals surface area contributed by atoms with E-state index in [2.05, 4.69) is 0 Å². The molecule has 1 aromatic heterocycles. The average Bonchev–Trinajstić information content (AvgIpc) is 2.49. The number of pyridine rings is 1. The van der Waals surface area contributed by atoms with E-state index in [1.165, 1.54) is 31.0 Å². The first-order chi connectivity index (χ1) is 9.56. The monoisotopic (exact) mass is 271 g/mol. The van der Waals surface area contributed by atoms with E-state index < -0.39 is 11.3 Å². The van der Waals surface area contributed by atoms with Crippen molar-refractivity contribution < 1.29 is 14.3 Å². The molecular weight excluding hydrogens is 258 g/mol. The minimum Gasteiger partial charge on any atom is -0.497 e. The van der Waals surface area contributed by atoms with Crippen LogP contribution in [0.25, 0.3) is 0 Å². The van der Waals surface area contributed by atoms with Gasteiger partial charge in [-0.05, 0) is 30.3 Å². The second-order valence-electron chi connectivity index (χ2n) is 4.28. The molecule has 2 rings (SSSR count). The lowest BCUT2D eigenvalue weighted by Crippen LogP contribution is -2.25. The first-order valence-electron chi connectivity index (χ1n) is 5.91. The Labute approximate surface area is 115 Å². The van der Waals surface area contributed by atoms with Crippen LogP contribution in [0.15, 0.2) is 41.3 Å². The van der Waals surface area contributed by atoms with Gasteiger partial charge in [-0.2, -0.15) is 0 Å². The molecule has 1 aromatic carbocycles. The van der Waals surface area contributed by atoms with Crippen molar-refractivity contribution in [3.05, 3.63) is 63.6 Å². The molecule has 5 nitrogen and oxygen atoms in total. The summed E-state index contributed by atoms with van der Waals surface area (Å²) in [5, 5.41) is 0. The molecule has 0 radical (unpaired) electrons. The van der Waals surface area contributed by atoms with Gasteiger partial charge in [0.25, 0.3) is 5.56 Å². The Morgan fingerprint density at radius 1 is 1.25 bits per heavy atom. The highest BCUT2D eigenvalue weighted by molar-refractivity contribution is 6.09. The zero-order valence-corrected chi connectivity index (χ0v) is 11.1. The SMILES string of the molecule is COc1ccc(C(=O)c2cc(C=O)cn(C)c2=O)cc1. The molecular formula is C15H13NO4. The maximum atomic E-state index is 12.3. The van der Waals surface area contributed by atoms with Crippen molar-refractivity contribution in [1.29, 1.82) is 0 Å². The number of ether oxygens (including phenoxy) is 1. The van der Waals surface area contributed by atoms with Crippen LogP contribution in [0, 0.1) is 0 Å². The van der Waals surface area contributed by atoms with Gasteiger partial charge < -0.3 is 9.30 Å². The van der Waals surface area contributed by atoms with Crippen LogP contribution in [-0.2, 0) is 7.05 Å². The fraction of sp³-hybridized carbons (Fsp3) is 0.133. The smallest absolute Gasteiger partial charge is 0.261 e. The number of hydrogen-bond acceptors (Lipinski definition) is 4. The highest BCUT2D eigenvalue weighted by Gasteiger charge is 2.15. The number of carbonyl (C=O) groups is 2. The molecule has 0 aliphatic carbocycles. The van der Waals surface area contributed by atoms with E-state index in [1.54, 1.807) is 24.3 Å². The third kappa shape index (κ3) is 2.51. The summed E-state index contributed by atoms with van der Waals surface area (Å²) < 4.78 is 6.23. The van der Waals surface area contributed by atoms with E-state index in [0.29, 0.717) is 17.6 Å². The molecule has 102 valence electrons. The lowest BCUT2D eigenvalue weighted by Gasteiger charge is -2.05. The van der Waals surface area contributed by atoms with Crippen LogP contribution in [0.3, 0.4) is 0 Å². The Kier molecular flexibility index (Phi) is 3.79. The predicted molar refractivity (Wildman–Crippen MR) is 73.5 cm³/mol. The lowest BCUT2D eigenvalue weighted by molar-refractivity contribution is 0.103. The number of aromatic nitrogens is 1. The molecule has 0 aliphatic rings. The molecule has 0 spiro atoms. The van der Waals surface area contributed by atoms with Gasteiger partial charge in [0.2, 0.25) is 0 Å². The van der Waals surface area contributed by atoms with Crippen LogP contribution in [0.2, 0.25) is 0 Å². The quantitative estimate of drug-likeness (QED) is 0.623. The standard InChI is InChI=1S/C15H13NO4/c1-16-8-10(9-17)7-13(15(16)19)14(18)11-3-5-12(20-2)6-4-11/h3-9H,1-2H3. The molecule has 0 N–H and O–H groups in total. The number of methoxy groups -OCH3 is 1. The number of aldehydes is 1. The van der Waals surface area contributed by atoms with Crippen LogP contribution in [-0.4, -0.2) is 23.7 Å². The van der Waals surface area contributed by atoms with Gasteiger partial charge in [0.05, 0.1) is 12.7 Å². The van der Waals surface area contributed by atoms with Crippen LogP contribution in [0.4, 0.5) is 0 Å². The molecule has 2 aromatic rings. The largest absolute Gasteiger partial charge is 0.497 e. The Morgan fingerprint density at radius 3 is 2.45 bits per heavy atom. The molecule has 0 saturated heterocycles. The van der Waals surface area contributed by atoms with Crippen LogP contribution in [0.1, 0.15) is 26.3 Å². The number of nitrogens with zero attached hydrogens (tertiary/aromatic N) is 1. The second kappa shape index (κ2) is 5.52. The number of carbonyl (C=O) groups excluding carboxylic acids is 2.